The Bertz CT molecular complexity index is 1060. The average molecular weight is 437 g/mol. The molecule has 2 heterocycles. The van der Waals surface area contributed by atoms with Crippen LogP contribution in [0.25, 0.3) is 11.3 Å². The maximum Gasteiger partial charge on any atom is 0.279 e. The Labute approximate surface area is 186 Å². The van der Waals surface area contributed by atoms with Gasteiger partial charge in [-0.25, -0.2) is 4.98 Å². The van der Waals surface area contributed by atoms with E-state index in [9.17, 15) is 4.79 Å². The van der Waals surface area contributed by atoms with Crippen molar-refractivity contribution >= 4 is 11.7 Å². The standard InChI is InChI=1S/C24H27N3O5/c1-29-17-10-11-20(30-2)18(13-17)22-14-19(27-32-22)24(28)26-23-21(9-6-12-25-23)31-15-16-7-4-3-5-8-16/h6,9-14,16H,3-5,7-8,15H2,1-2H3,(H,25,26,28). The summed E-state index contributed by atoms with van der Waals surface area (Å²) in [5.74, 6) is 2.61. The maximum atomic E-state index is 12.8. The third kappa shape index (κ3) is 5.01. The molecule has 1 N–H and O–H groups in total. The van der Waals surface area contributed by atoms with Gasteiger partial charge in [0.25, 0.3) is 5.91 Å². The van der Waals surface area contributed by atoms with Crippen molar-refractivity contribution in [2.24, 2.45) is 5.92 Å². The lowest BCUT2D eigenvalue weighted by atomic mass is 9.90. The molecule has 0 aliphatic heterocycles. The molecule has 1 aliphatic rings. The van der Waals surface area contributed by atoms with Crippen LogP contribution in [-0.2, 0) is 0 Å². The minimum Gasteiger partial charge on any atom is -0.497 e. The molecule has 0 saturated heterocycles. The third-order valence-electron chi connectivity index (χ3n) is 5.62. The number of anilines is 1. The number of carbonyl (C=O) groups excluding carboxylic acids is 1. The van der Waals surface area contributed by atoms with Crippen molar-refractivity contribution in [3.05, 3.63) is 48.3 Å². The summed E-state index contributed by atoms with van der Waals surface area (Å²) in [5.41, 5.74) is 0.751. The van der Waals surface area contributed by atoms with Crippen molar-refractivity contribution in [2.45, 2.75) is 32.1 Å². The van der Waals surface area contributed by atoms with E-state index in [1.807, 2.05) is 0 Å². The van der Waals surface area contributed by atoms with Crippen LogP contribution in [-0.4, -0.2) is 36.9 Å². The van der Waals surface area contributed by atoms with Crippen LogP contribution in [0.2, 0.25) is 0 Å². The first-order valence-corrected chi connectivity index (χ1v) is 10.8. The molecule has 32 heavy (non-hydrogen) atoms. The van der Waals surface area contributed by atoms with Gasteiger partial charge in [-0.2, -0.15) is 0 Å². The lowest BCUT2D eigenvalue weighted by Crippen LogP contribution is -2.18. The molecule has 3 aromatic rings. The number of benzene rings is 1. The van der Waals surface area contributed by atoms with Crippen LogP contribution in [0.4, 0.5) is 5.82 Å². The van der Waals surface area contributed by atoms with Crippen LogP contribution in [0.3, 0.4) is 0 Å². The van der Waals surface area contributed by atoms with Crippen LogP contribution >= 0.6 is 0 Å². The SMILES string of the molecule is COc1ccc(OC)c(-c2cc(C(=O)Nc3ncccc3OCC3CCCCC3)no2)c1. The fourth-order valence-corrected chi connectivity index (χ4v) is 3.85. The zero-order chi connectivity index (χ0) is 22.3. The van der Waals surface area contributed by atoms with Crippen molar-refractivity contribution in [2.75, 3.05) is 26.1 Å². The number of carbonyl (C=O) groups is 1. The highest BCUT2D eigenvalue weighted by Crippen LogP contribution is 2.34. The first-order valence-electron chi connectivity index (χ1n) is 10.8. The molecular weight excluding hydrogens is 410 g/mol. The van der Waals surface area contributed by atoms with Gasteiger partial charge in [0.2, 0.25) is 0 Å². The van der Waals surface area contributed by atoms with Gasteiger partial charge in [-0.3, -0.25) is 4.79 Å². The van der Waals surface area contributed by atoms with Gasteiger partial charge in [0.15, 0.2) is 23.0 Å². The van der Waals surface area contributed by atoms with Gasteiger partial charge in [-0.05, 0) is 49.1 Å². The van der Waals surface area contributed by atoms with E-state index in [-0.39, 0.29) is 5.69 Å². The summed E-state index contributed by atoms with van der Waals surface area (Å²) >= 11 is 0. The first-order chi connectivity index (χ1) is 15.7. The predicted octanol–water partition coefficient (Wildman–Crippen LogP) is 4.97. The topological polar surface area (TPSA) is 95.7 Å². The fraction of sp³-hybridized carbons (Fsp3) is 0.375. The van der Waals surface area contributed by atoms with E-state index in [1.165, 1.54) is 32.1 Å². The molecule has 1 aromatic carbocycles. The summed E-state index contributed by atoms with van der Waals surface area (Å²) in [6.07, 6.45) is 7.76. The van der Waals surface area contributed by atoms with Crippen LogP contribution in [0.1, 0.15) is 42.6 Å². The van der Waals surface area contributed by atoms with Crippen LogP contribution < -0.4 is 19.5 Å². The van der Waals surface area contributed by atoms with E-state index < -0.39 is 5.91 Å². The molecule has 8 nitrogen and oxygen atoms in total. The lowest BCUT2D eigenvalue weighted by molar-refractivity contribution is 0.101. The average Bonchev–Trinajstić information content (AvgIpc) is 3.34. The molecule has 1 fully saturated rings. The van der Waals surface area contributed by atoms with Crippen molar-refractivity contribution < 1.29 is 23.5 Å². The fourth-order valence-electron chi connectivity index (χ4n) is 3.85. The number of methoxy groups -OCH3 is 2. The summed E-state index contributed by atoms with van der Waals surface area (Å²) < 4.78 is 22.1. The molecule has 0 atom stereocenters. The van der Waals surface area contributed by atoms with Gasteiger partial charge in [0, 0.05) is 12.3 Å². The summed E-state index contributed by atoms with van der Waals surface area (Å²) in [4.78, 5) is 17.1. The summed E-state index contributed by atoms with van der Waals surface area (Å²) in [6, 6.07) is 10.5. The summed E-state index contributed by atoms with van der Waals surface area (Å²) in [7, 11) is 3.14. The molecule has 0 unspecified atom stereocenters. The van der Waals surface area contributed by atoms with Gasteiger partial charge < -0.3 is 24.1 Å². The molecule has 1 aliphatic carbocycles. The zero-order valence-electron chi connectivity index (χ0n) is 18.3. The number of pyridine rings is 1. The van der Waals surface area contributed by atoms with E-state index in [4.69, 9.17) is 18.7 Å². The molecule has 4 rings (SSSR count). The highest BCUT2D eigenvalue weighted by atomic mass is 16.5. The maximum absolute atomic E-state index is 12.8. The quantitative estimate of drug-likeness (QED) is 0.532. The van der Waals surface area contributed by atoms with Gasteiger partial charge in [0.05, 0.1) is 26.4 Å². The third-order valence-corrected chi connectivity index (χ3v) is 5.62. The number of amides is 1. The van der Waals surface area contributed by atoms with E-state index in [2.05, 4.69) is 15.5 Å². The molecule has 0 bridgehead atoms. The van der Waals surface area contributed by atoms with Gasteiger partial charge >= 0.3 is 0 Å². The monoisotopic (exact) mass is 437 g/mol. The Morgan fingerprint density at radius 1 is 1.09 bits per heavy atom. The molecule has 168 valence electrons. The van der Waals surface area contributed by atoms with Crippen molar-refractivity contribution in [3.63, 3.8) is 0 Å². The first kappa shape index (κ1) is 21.7. The zero-order valence-corrected chi connectivity index (χ0v) is 18.3. The second-order valence-electron chi connectivity index (χ2n) is 7.76. The minimum absolute atomic E-state index is 0.119. The van der Waals surface area contributed by atoms with Crippen molar-refractivity contribution in [1.29, 1.82) is 0 Å². The van der Waals surface area contributed by atoms with Crippen LogP contribution in [0.5, 0.6) is 17.2 Å². The molecule has 1 saturated carbocycles. The van der Waals surface area contributed by atoms with Crippen molar-refractivity contribution in [1.82, 2.24) is 10.1 Å². The number of ether oxygens (including phenoxy) is 3. The number of nitrogens with zero attached hydrogens (tertiary/aromatic N) is 2. The number of hydrogen-bond acceptors (Lipinski definition) is 7. The second-order valence-corrected chi connectivity index (χ2v) is 7.76. The highest BCUT2D eigenvalue weighted by molar-refractivity contribution is 6.03. The largest absolute Gasteiger partial charge is 0.497 e. The van der Waals surface area contributed by atoms with Gasteiger partial charge in [0.1, 0.15) is 11.5 Å². The number of hydrogen-bond donors (Lipinski definition) is 1. The van der Waals surface area contributed by atoms with Gasteiger partial charge in [-0.1, -0.05) is 24.4 Å². The molecule has 8 heteroatoms. The Hall–Kier alpha value is -3.55. The normalized spacial score (nSPS) is 14.1. The Morgan fingerprint density at radius 3 is 2.72 bits per heavy atom. The van der Waals surface area contributed by atoms with E-state index >= 15 is 0 Å². The van der Waals surface area contributed by atoms with E-state index in [0.717, 1.165) is 0 Å². The highest BCUT2D eigenvalue weighted by Gasteiger charge is 2.20. The number of aromatic nitrogens is 2. The smallest absolute Gasteiger partial charge is 0.279 e. The second kappa shape index (κ2) is 10.2. The molecule has 2 aromatic heterocycles. The van der Waals surface area contributed by atoms with Gasteiger partial charge in [-0.15, -0.1) is 0 Å². The lowest BCUT2D eigenvalue weighted by Gasteiger charge is -2.22. The van der Waals surface area contributed by atoms with E-state index in [1.54, 1.807) is 56.8 Å². The number of nitrogens with one attached hydrogen (secondary N) is 1. The van der Waals surface area contributed by atoms with Crippen LogP contribution in [0.15, 0.2) is 47.1 Å². The molecule has 1 amide bonds. The number of rotatable bonds is 8. The van der Waals surface area contributed by atoms with E-state index in [0.29, 0.717) is 46.9 Å². The van der Waals surface area contributed by atoms with Crippen molar-refractivity contribution in [3.8, 4) is 28.6 Å². The Balaban J connectivity index is 1.47. The molecule has 0 radical (unpaired) electrons. The minimum atomic E-state index is -0.442. The molecule has 0 spiro atoms. The predicted molar refractivity (Wildman–Crippen MR) is 119 cm³/mol. The Kier molecular flexibility index (Phi) is 6.89. The Morgan fingerprint density at radius 2 is 1.94 bits per heavy atom. The summed E-state index contributed by atoms with van der Waals surface area (Å²) in [6.45, 7) is 0.623. The molecular formula is C24H27N3O5. The van der Waals surface area contributed by atoms with Crippen LogP contribution in [0, 0.1) is 5.92 Å². The summed E-state index contributed by atoms with van der Waals surface area (Å²) in [5, 5.41) is 6.69.